The van der Waals surface area contributed by atoms with Gasteiger partial charge in [-0.25, -0.2) is 9.37 Å². The number of fused-ring (bicyclic) bond motifs is 1. The molecule has 1 aliphatic heterocycles. The SMILES string of the molecule is O=C(Cc1coc(-c2ccccc2)n1)N[C@H]1CCCOc2ccc(F)cc21. The Hall–Kier alpha value is -3.15. The Labute approximate surface area is 156 Å². The molecule has 1 amide bonds. The number of carbonyl (C=O) groups is 1. The first-order valence-corrected chi connectivity index (χ1v) is 8.90. The van der Waals surface area contributed by atoms with Crippen molar-refractivity contribution in [3.05, 3.63) is 71.9 Å². The third kappa shape index (κ3) is 4.00. The molecule has 0 saturated carbocycles. The number of aromatic nitrogens is 1. The van der Waals surface area contributed by atoms with E-state index < -0.39 is 0 Å². The molecule has 0 bridgehead atoms. The molecule has 4 rings (SSSR count). The zero-order chi connectivity index (χ0) is 18.6. The van der Waals surface area contributed by atoms with Crippen LogP contribution in [0.2, 0.25) is 0 Å². The van der Waals surface area contributed by atoms with Crippen molar-refractivity contribution in [2.45, 2.75) is 25.3 Å². The molecule has 2 heterocycles. The van der Waals surface area contributed by atoms with E-state index in [1.807, 2.05) is 30.3 Å². The van der Waals surface area contributed by atoms with Crippen LogP contribution in [0.25, 0.3) is 11.5 Å². The Bertz CT molecular complexity index is 940. The van der Waals surface area contributed by atoms with E-state index in [2.05, 4.69) is 10.3 Å². The Morgan fingerprint density at radius 3 is 2.93 bits per heavy atom. The van der Waals surface area contributed by atoms with Crippen LogP contribution in [0.4, 0.5) is 4.39 Å². The van der Waals surface area contributed by atoms with Gasteiger partial charge in [-0.2, -0.15) is 0 Å². The number of nitrogens with one attached hydrogen (secondary N) is 1. The summed E-state index contributed by atoms with van der Waals surface area (Å²) in [6.07, 6.45) is 3.06. The number of nitrogens with zero attached hydrogens (tertiary/aromatic N) is 1. The Balaban J connectivity index is 1.46. The van der Waals surface area contributed by atoms with Gasteiger partial charge in [0.1, 0.15) is 17.8 Å². The lowest BCUT2D eigenvalue weighted by Crippen LogP contribution is -2.29. The molecule has 5 nitrogen and oxygen atoms in total. The third-order valence-electron chi connectivity index (χ3n) is 4.49. The van der Waals surface area contributed by atoms with Crippen molar-refractivity contribution >= 4 is 5.91 Å². The van der Waals surface area contributed by atoms with Crippen LogP contribution in [-0.2, 0) is 11.2 Å². The number of amides is 1. The smallest absolute Gasteiger partial charge is 0.226 e. The fourth-order valence-corrected chi connectivity index (χ4v) is 3.21. The topological polar surface area (TPSA) is 64.4 Å². The molecule has 0 aliphatic carbocycles. The van der Waals surface area contributed by atoms with E-state index in [0.717, 1.165) is 12.0 Å². The highest BCUT2D eigenvalue weighted by atomic mass is 19.1. The summed E-state index contributed by atoms with van der Waals surface area (Å²) in [5.41, 5.74) is 2.08. The van der Waals surface area contributed by atoms with Crippen molar-refractivity contribution in [2.24, 2.45) is 0 Å². The monoisotopic (exact) mass is 366 g/mol. The van der Waals surface area contributed by atoms with Crippen molar-refractivity contribution < 1.29 is 18.3 Å². The second-order valence-corrected chi connectivity index (χ2v) is 6.48. The minimum Gasteiger partial charge on any atom is -0.493 e. The highest BCUT2D eigenvalue weighted by molar-refractivity contribution is 5.78. The second kappa shape index (κ2) is 7.61. The van der Waals surface area contributed by atoms with Gasteiger partial charge in [0.15, 0.2) is 0 Å². The first kappa shape index (κ1) is 17.3. The molecule has 0 spiro atoms. The molecular formula is C21H19FN2O3. The lowest BCUT2D eigenvalue weighted by atomic mass is 10.0. The normalized spacial score (nSPS) is 16.1. The van der Waals surface area contributed by atoms with Gasteiger partial charge in [-0.3, -0.25) is 4.79 Å². The van der Waals surface area contributed by atoms with Gasteiger partial charge in [0.25, 0.3) is 0 Å². The highest BCUT2D eigenvalue weighted by Crippen LogP contribution is 2.32. The minimum absolute atomic E-state index is 0.0956. The Morgan fingerprint density at radius 1 is 1.22 bits per heavy atom. The fourth-order valence-electron chi connectivity index (χ4n) is 3.21. The predicted octanol–water partition coefficient (Wildman–Crippen LogP) is 4.05. The maximum Gasteiger partial charge on any atom is 0.226 e. The van der Waals surface area contributed by atoms with Crippen molar-refractivity contribution in [3.63, 3.8) is 0 Å². The van der Waals surface area contributed by atoms with Gasteiger partial charge in [0.2, 0.25) is 11.8 Å². The van der Waals surface area contributed by atoms with Gasteiger partial charge in [-0.1, -0.05) is 18.2 Å². The van der Waals surface area contributed by atoms with E-state index in [1.165, 1.54) is 18.4 Å². The van der Waals surface area contributed by atoms with Crippen LogP contribution in [0, 0.1) is 5.82 Å². The van der Waals surface area contributed by atoms with Crippen molar-refractivity contribution in [1.82, 2.24) is 10.3 Å². The summed E-state index contributed by atoms with van der Waals surface area (Å²) in [5.74, 6) is 0.563. The number of carbonyl (C=O) groups excluding carboxylic acids is 1. The zero-order valence-electron chi connectivity index (χ0n) is 14.7. The van der Waals surface area contributed by atoms with Crippen molar-refractivity contribution in [2.75, 3.05) is 6.61 Å². The standard InChI is InChI=1S/C21H19FN2O3/c22-15-8-9-19-17(11-15)18(7-4-10-26-19)24-20(25)12-16-13-27-21(23-16)14-5-2-1-3-6-14/h1-3,5-6,8-9,11,13,18H,4,7,10,12H2,(H,24,25)/t18-/m0/s1. The number of benzene rings is 2. The maximum absolute atomic E-state index is 13.7. The lowest BCUT2D eigenvalue weighted by molar-refractivity contribution is -0.121. The Kier molecular flexibility index (Phi) is 4.87. The van der Waals surface area contributed by atoms with Crippen LogP contribution >= 0.6 is 0 Å². The van der Waals surface area contributed by atoms with Gasteiger partial charge >= 0.3 is 0 Å². The van der Waals surface area contributed by atoms with Gasteiger partial charge in [-0.15, -0.1) is 0 Å². The molecule has 2 aromatic carbocycles. The first-order chi connectivity index (χ1) is 13.2. The minimum atomic E-state index is -0.345. The molecule has 1 aliphatic rings. The lowest BCUT2D eigenvalue weighted by Gasteiger charge is -2.18. The maximum atomic E-state index is 13.7. The number of hydrogen-bond donors (Lipinski definition) is 1. The molecule has 1 N–H and O–H groups in total. The van der Waals surface area contributed by atoms with Crippen molar-refractivity contribution in [3.8, 4) is 17.2 Å². The van der Waals surface area contributed by atoms with Gasteiger partial charge in [0.05, 0.1) is 24.8 Å². The molecular weight excluding hydrogens is 347 g/mol. The summed E-state index contributed by atoms with van der Waals surface area (Å²) in [6, 6.07) is 13.6. The predicted molar refractivity (Wildman–Crippen MR) is 97.7 cm³/mol. The average molecular weight is 366 g/mol. The summed E-state index contributed by atoms with van der Waals surface area (Å²) in [4.78, 5) is 16.9. The highest BCUT2D eigenvalue weighted by Gasteiger charge is 2.22. The van der Waals surface area contributed by atoms with E-state index in [1.54, 1.807) is 6.07 Å². The molecule has 0 saturated heterocycles. The number of rotatable bonds is 4. The summed E-state index contributed by atoms with van der Waals surface area (Å²) in [7, 11) is 0. The van der Waals surface area contributed by atoms with E-state index in [9.17, 15) is 9.18 Å². The number of oxazole rings is 1. The van der Waals surface area contributed by atoms with Crippen LogP contribution in [0.5, 0.6) is 5.75 Å². The van der Waals surface area contributed by atoms with E-state index >= 15 is 0 Å². The summed E-state index contributed by atoms with van der Waals surface area (Å²) in [5, 5.41) is 2.97. The molecule has 1 aromatic heterocycles. The fraction of sp³-hybridized carbons (Fsp3) is 0.238. The van der Waals surface area contributed by atoms with Crippen LogP contribution in [-0.4, -0.2) is 17.5 Å². The van der Waals surface area contributed by atoms with Gasteiger partial charge < -0.3 is 14.5 Å². The van der Waals surface area contributed by atoms with Crippen LogP contribution < -0.4 is 10.1 Å². The summed E-state index contributed by atoms with van der Waals surface area (Å²) < 4.78 is 24.8. The van der Waals surface area contributed by atoms with Crippen LogP contribution in [0.15, 0.2) is 59.2 Å². The molecule has 3 aromatic rings. The number of ether oxygens (including phenoxy) is 1. The van der Waals surface area contributed by atoms with E-state index in [0.29, 0.717) is 35.9 Å². The van der Waals surface area contributed by atoms with Crippen LogP contribution in [0.3, 0.4) is 0 Å². The number of hydrogen-bond acceptors (Lipinski definition) is 4. The van der Waals surface area contributed by atoms with Crippen LogP contribution in [0.1, 0.15) is 30.1 Å². The van der Waals surface area contributed by atoms with Gasteiger partial charge in [0, 0.05) is 11.1 Å². The second-order valence-electron chi connectivity index (χ2n) is 6.48. The van der Waals surface area contributed by atoms with Crippen molar-refractivity contribution in [1.29, 1.82) is 0 Å². The molecule has 0 unspecified atom stereocenters. The van der Waals surface area contributed by atoms with E-state index in [4.69, 9.17) is 9.15 Å². The molecule has 0 radical (unpaired) electrons. The number of halogens is 1. The summed E-state index contributed by atoms with van der Waals surface area (Å²) >= 11 is 0. The molecule has 27 heavy (non-hydrogen) atoms. The first-order valence-electron chi connectivity index (χ1n) is 8.90. The summed E-state index contributed by atoms with van der Waals surface area (Å²) in [6.45, 7) is 0.550. The Morgan fingerprint density at radius 2 is 2.07 bits per heavy atom. The average Bonchev–Trinajstić information content (AvgIpc) is 3.05. The molecule has 138 valence electrons. The third-order valence-corrected chi connectivity index (χ3v) is 4.49. The molecule has 1 atom stereocenters. The zero-order valence-corrected chi connectivity index (χ0v) is 14.7. The molecule has 6 heteroatoms. The molecule has 0 fully saturated rings. The largest absolute Gasteiger partial charge is 0.493 e. The quantitative estimate of drug-likeness (QED) is 0.756. The van der Waals surface area contributed by atoms with Gasteiger partial charge in [-0.05, 0) is 43.2 Å². The van der Waals surface area contributed by atoms with E-state index in [-0.39, 0.29) is 24.2 Å².